The topological polar surface area (TPSA) is 71.1 Å². The molecule has 0 bridgehead atoms. The van der Waals surface area contributed by atoms with E-state index in [1.807, 2.05) is 6.07 Å². The fraction of sp³-hybridized carbons (Fsp3) is 0.500. The largest absolute Gasteiger partial charge is 0.493 e. The Balaban J connectivity index is 1.86. The van der Waals surface area contributed by atoms with Gasteiger partial charge >= 0.3 is 0 Å². The van der Waals surface area contributed by atoms with Gasteiger partial charge in [-0.2, -0.15) is 0 Å². The highest BCUT2D eigenvalue weighted by atomic mass is 16.5. The quantitative estimate of drug-likeness (QED) is 0.869. The van der Waals surface area contributed by atoms with Crippen molar-refractivity contribution >= 4 is 17.5 Å². The first-order chi connectivity index (χ1) is 11.0. The lowest BCUT2D eigenvalue weighted by Gasteiger charge is -2.34. The zero-order valence-corrected chi connectivity index (χ0v) is 13.8. The second-order valence-corrected chi connectivity index (χ2v) is 5.31. The minimum Gasteiger partial charge on any atom is -0.493 e. The van der Waals surface area contributed by atoms with Gasteiger partial charge in [0.25, 0.3) is 0 Å². The maximum Gasteiger partial charge on any atom is 0.241 e. The summed E-state index contributed by atoms with van der Waals surface area (Å²) in [6, 6.07) is 5.42. The molecule has 23 heavy (non-hydrogen) atoms. The van der Waals surface area contributed by atoms with Gasteiger partial charge in [-0.1, -0.05) is 0 Å². The summed E-state index contributed by atoms with van der Waals surface area (Å²) in [7, 11) is 3.15. The molecule has 1 aliphatic heterocycles. The van der Waals surface area contributed by atoms with Gasteiger partial charge in [-0.05, 0) is 12.1 Å². The third-order valence-electron chi connectivity index (χ3n) is 3.90. The fourth-order valence-corrected chi connectivity index (χ4v) is 2.51. The number of rotatable bonds is 5. The Morgan fingerprint density at radius 1 is 1.04 bits per heavy atom. The number of carbonyl (C=O) groups excluding carboxylic acids is 2. The van der Waals surface area contributed by atoms with Gasteiger partial charge in [0.05, 0.1) is 20.8 Å². The van der Waals surface area contributed by atoms with Crippen molar-refractivity contribution in [2.45, 2.75) is 6.92 Å². The van der Waals surface area contributed by atoms with Crippen molar-refractivity contribution in [3.63, 3.8) is 0 Å². The van der Waals surface area contributed by atoms with E-state index < -0.39 is 0 Å². The van der Waals surface area contributed by atoms with Crippen molar-refractivity contribution in [3.05, 3.63) is 18.2 Å². The van der Waals surface area contributed by atoms with E-state index >= 15 is 0 Å². The Hall–Kier alpha value is -2.44. The molecule has 2 amide bonds. The third kappa shape index (κ3) is 4.28. The number of nitrogens with one attached hydrogen (secondary N) is 1. The smallest absolute Gasteiger partial charge is 0.241 e. The highest BCUT2D eigenvalue weighted by Gasteiger charge is 2.22. The maximum absolute atomic E-state index is 12.2. The monoisotopic (exact) mass is 321 g/mol. The number of piperazine rings is 1. The lowest BCUT2D eigenvalue weighted by Crippen LogP contribution is -2.51. The maximum atomic E-state index is 12.2. The first-order valence-corrected chi connectivity index (χ1v) is 7.54. The van der Waals surface area contributed by atoms with E-state index in [4.69, 9.17) is 9.47 Å². The summed E-state index contributed by atoms with van der Waals surface area (Å²) in [5, 5.41) is 3.09. The van der Waals surface area contributed by atoms with Crippen LogP contribution in [-0.4, -0.2) is 68.6 Å². The Kier molecular flexibility index (Phi) is 5.67. The predicted octanol–water partition coefficient (Wildman–Crippen LogP) is 0.806. The molecule has 1 heterocycles. The van der Waals surface area contributed by atoms with Crippen molar-refractivity contribution in [2.24, 2.45) is 0 Å². The summed E-state index contributed by atoms with van der Waals surface area (Å²) in [6.07, 6.45) is 0. The molecule has 1 fully saturated rings. The highest BCUT2D eigenvalue weighted by molar-refractivity contribution is 5.81. The number of hydrogen-bond acceptors (Lipinski definition) is 5. The number of methoxy groups -OCH3 is 2. The van der Waals surface area contributed by atoms with Crippen molar-refractivity contribution in [1.29, 1.82) is 0 Å². The average Bonchev–Trinajstić information content (AvgIpc) is 2.59. The van der Waals surface area contributed by atoms with Crippen LogP contribution < -0.4 is 14.8 Å². The minimum absolute atomic E-state index is 0.0167. The molecule has 1 saturated heterocycles. The second-order valence-electron chi connectivity index (χ2n) is 5.31. The number of carbonyl (C=O) groups is 2. The van der Waals surface area contributed by atoms with Crippen LogP contribution in [0.15, 0.2) is 18.2 Å². The highest BCUT2D eigenvalue weighted by Crippen LogP contribution is 2.29. The Morgan fingerprint density at radius 2 is 1.65 bits per heavy atom. The molecule has 0 atom stereocenters. The van der Waals surface area contributed by atoms with Gasteiger partial charge < -0.3 is 24.6 Å². The molecular formula is C16H23N3O4. The third-order valence-corrected chi connectivity index (χ3v) is 3.90. The number of hydrogen-bond donors (Lipinski definition) is 1. The molecule has 0 radical (unpaired) electrons. The van der Waals surface area contributed by atoms with Crippen molar-refractivity contribution in [2.75, 3.05) is 52.3 Å². The lowest BCUT2D eigenvalue weighted by atomic mass is 10.2. The molecule has 1 N–H and O–H groups in total. The van der Waals surface area contributed by atoms with Gasteiger partial charge in [0.1, 0.15) is 0 Å². The van der Waals surface area contributed by atoms with E-state index in [0.717, 1.165) is 5.69 Å². The van der Waals surface area contributed by atoms with Crippen molar-refractivity contribution in [1.82, 2.24) is 9.80 Å². The summed E-state index contributed by atoms with van der Waals surface area (Å²) >= 11 is 0. The van der Waals surface area contributed by atoms with Crippen LogP contribution in [-0.2, 0) is 9.59 Å². The zero-order chi connectivity index (χ0) is 16.8. The summed E-state index contributed by atoms with van der Waals surface area (Å²) < 4.78 is 10.4. The van der Waals surface area contributed by atoms with E-state index in [1.165, 1.54) is 0 Å². The van der Waals surface area contributed by atoms with Crippen molar-refractivity contribution in [3.8, 4) is 11.5 Å². The summed E-state index contributed by atoms with van der Waals surface area (Å²) in [5.74, 6) is 1.33. The number of nitrogens with zero attached hydrogens (tertiary/aromatic N) is 2. The molecule has 0 aliphatic carbocycles. The fourth-order valence-electron chi connectivity index (χ4n) is 2.51. The van der Waals surface area contributed by atoms with E-state index in [2.05, 4.69) is 5.32 Å². The Morgan fingerprint density at radius 3 is 2.22 bits per heavy atom. The SMILES string of the molecule is COc1ccc(NCC(=O)N2CCN(C(C)=O)CC2)cc1OC. The molecule has 7 nitrogen and oxygen atoms in total. The van der Waals surface area contributed by atoms with Crippen molar-refractivity contribution < 1.29 is 19.1 Å². The van der Waals surface area contributed by atoms with Crippen LogP contribution in [0, 0.1) is 0 Å². The summed E-state index contributed by atoms with van der Waals surface area (Å²) in [6.45, 7) is 4.10. The van der Waals surface area contributed by atoms with Gasteiger partial charge in [-0.3, -0.25) is 9.59 Å². The molecule has 1 aromatic carbocycles. The molecule has 2 rings (SSSR count). The van der Waals surface area contributed by atoms with Gasteiger partial charge in [0.15, 0.2) is 11.5 Å². The molecule has 0 aromatic heterocycles. The van der Waals surface area contributed by atoms with Gasteiger partial charge in [-0.25, -0.2) is 0 Å². The lowest BCUT2D eigenvalue weighted by molar-refractivity contribution is -0.137. The van der Waals surface area contributed by atoms with Crippen LogP contribution >= 0.6 is 0 Å². The Labute approximate surface area is 136 Å². The van der Waals surface area contributed by atoms with E-state index in [-0.39, 0.29) is 18.4 Å². The standard InChI is InChI=1S/C16H23N3O4/c1-12(20)18-6-8-19(9-7-18)16(21)11-17-13-4-5-14(22-2)15(10-13)23-3/h4-5,10,17H,6-9,11H2,1-3H3. The normalized spacial score (nSPS) is 14.4. The number of ether oxygens (including phenoxy) is 2. The first-order valence-electron chi connectivity index (χ1n) is 7.54. The predicted molar refractivity (Wildman–Crippen MR) is 86.9 cm³/mol. The molecule has 7 heteroatoms. The van der Waals surface area contributed by atoms with E-state index in [0.29, 0.717) is 37.7 Å². The summed E-state index contributed by atoms with van der Waals surface area (Å²) in [4.78, 5) is 27.0. The zero-order valence-electron chi connectivity index (χ0n) is 13.8. The molecule has 1 aromatic rings. The van der Waals surface area contributed by atoms with Crippen LogP contribution in [0.25, 0.3) is 0 Å². The second kappa shape index (κ2) is 7.71. The Bertz CT molecular complexity index is 568. The van der Waals surface area contributed by atoms with Gasteiger partial charge in [0.2, 0.25) is 11.8 Å². The number of anilines is 1. The van der Waals surface area contributed by atoms with Crippen LogP contribution in [0.3, 0.4) is 0 Å². The molecular weight excluding hydrogens is 298 g/mol. The van der Waals surface area contributed by atoms with E-state index in [1.54, 1.807) is 43.1 Å². The molecule has 126 valence electrons. The molecule has 1 aliphatic rings. The van der Waals surface area contributed by atoms with E-state index in [9.17, 15) is 9.59 Å². The average molecular weight is 321 g/mol. The number of benzene rings is 1. The van der Waals surface area contributed by atoms with Crippen LogP contribution in [0.2, 0.25) is 0 Å². The summed E-state index contributed by atoms with van der Waals surface area (Å²) in [5.41, 5.74) is 0.790. The minimum atomic E-state index is 0.0167. The van der Waals surface area contributed by atoms with Gasteiger partial charge in [-0.15, -0.1) is 0 Å². The molecule has 0 saturated carbocycles. The van der Waals surface area contributed by atoms with Gasteiger partial charge in [0, 0.05) is 44.9 Å². The first kappa shape index (κ1) is 16.9. The number of amides is 2. The van der Waals surface area contributed by atoms with Crippen LogP contribution in [0.5, 0.6) is 11.5 Å². The molecule has 0 spiro atoms. The molecule has 0 unspecified atom stereocenters. The van der Waals surface area contributed by atoms with Crippen LogP contribution in [0.1, 0.15) is 6.92 Å². The van der Waals surface area contributed by atoms with Crippen LogP contribution in [0.4, 0.5) is 5.69 Å².